The fourth-order valence-corrected chi connectivity index (χ4v) is 3.28. The van der Waals surface area contributed by atoms with E-state index in [1.807, 2.05) is 0 Å². The molecule has 1 N–H and O–H groups in total. The van der Waals surface area contributed by atoms with E-state index in [0.717, 1.165) is 13.1 Å². The molecular formula is C15H29N3O. The van der Waals surface area contributed by atoms with Gasteiger partial charge in [-0.15, -0.1) is 0 Å². The van der Waals surface area contributed by atoms with E-state index in [1.165, 1.54) is 25.9 Å². The van der Waals surface area contributed by atoms with Gasteiger partial charge in [-0.3, -0.25) is 10.1 Å². The van der Waals surface area contributed by atoms with Crippen molar-refractivity contribution in [2.45, 2.75) is 52.7 Å². The van der Waals surface area contributed by atoms with Gasteiger partial charge in [0.05, 0.1) is 12.2 Å². The normalized spacial score (nSPS) is 30.6. The summed E-state index contributed by atoms with van der Waals surface area (Å²) >= 11 is 0. The third-order valence-corrected chi connectivity index (χ3v) is 4.71. The molecule has 2 atom stereocenters. The zero-order valence-corrected chi connectivity index (χ0v) is 12.9. The van der Waals surface area contributed by atoms with E-state index in [1.54, 1.807) is 0 Å². The fraction of sp³-hybridized carbons (Fsp3) is 0.933. The Hall–Kier alpha value is -0.610. The van der Waals surface area contributed by atoms with Gasteiger partial charge in [0.25, 0.3) is 0 Å². The van der Waals surface area contributed by atoms with Gasteiger partial charge in [-0.05, 0) is 51.2 Å². The van der Waals surface area contributed by atoms with Crippen LogP contribution in [0.2, 0.25) is 0 Å². The van der Waals surface area contributed by atoms with Crippen LogP contribution in [0.25, 0.3) is 0 Å². The van der Waals surface area contributed by atoms with Crippen molar-refractivity contribution < 1.29 is 4.79 Å². The van der Waals surface area contributed by atoms with Gasteiger partial charge in [0.1, 0.15) is 0 Å². The first-order valence-corrected chi connectivity index (χ1v) is 7.81. The van der Waals surface area contributed by atoms with E-state index >= 15 is 0 Å². The van der Waals surface area contributed by atoms with Crippen molar-refractivity contribution in [2.24, 2.45) is 11.8 Å². The van der Waals surface area contributed by atoms with E-state index in [2.05, 4.69) is 42.8 Å². The molecule has 0 aromatic rings. The molecule has 0 spiro atoms. The molecular weight excluding hydrogens is 238 g/mol. The standard InChI is InChI=1S/C15H29N3O/c1-5-17-8-6-13(7-9-17)10-18-12(4)16-14(11(2)3)15(18)19/h11-14,16H,5-10H2,1-4H3. The van der Waals surface area contributed by atoms with Gasteiger partial charge in [-0.1, -0.05) is 20.8 Å². The quantitative estimate of drug-likeness (QED) is 0.839. The van der Waals surface area contributed by atoms with E-state index in [0.29, 0.717) is 17.7 Å². The lowest BCUT2D eigenvalue weighted by atomic mass is 9.96. The molecule has 2 aliphatic heterocycles. The van der Waals surface area contributed by atoms with E-state index in [9.17, 15) is 4.79 Å². The summed E-state index contributed by atoms with van der Waals surface area (Å²) in [5.74, 6) is 1.37. The summed E-state index contributed by atoms with van der Waals surface area (Å²) in [5.41, 5.74) is 0. The second-order valence-corrected chi connectivity index (χ2v) is 6.43. The number of hydrogen-bond acceptors (Lipinski definition) is 3. The lowest BCUT2D eigenvalue weighted by Gasteiger charge is -2.34. The van der Waals surface area contributed by atoms with Gasteiger partial charge >= 0.3 is 0 Å². The largest absolute Gasteiger partial charge is 0.326 e. The number of likely N-dealkylation sites (tertiary alicyclic amines) is 1. The molecule has 0 aliphatic carbocycles. The van der Waals surface area contributed by atoms with Crippen LogP contribution < -0.4 is 5.32 Å². The molecule has 0 saturated carbocycles. The first-order chi connectivity index (χ1) is 9.02. The Kier molecular flexibility index (Phi) is 4.85. The predicted octanol–water partition coefficient (Wildman–Crippen LogP) is 1.52. The minimum Gasteiger partial charge on any atom is -0.326 e. The minimum atomic E-state index is 0.0192. The molecule has 4 heteroatoms. The van der Waals surface area contributed by atoms with Crippen molar-refractivity contribution in [1.82, 2.24) is 15.1 Å². The summed E-state index contributed by atoms with van der Waals surface area (Å²) in [5, 5.41) is 3.43. The summed E-state index contributed by atoms with van der Waals surface area (Å²) in [6.45, 7) is 13.1. The average molecular weight is 267 g/mol. The predicted molar refractivity (Wildman–Crippen MR) is 77.8 cm³/mol. The lowest BCUT2D eigenvalue weighted by molar-refractivity contribution is -0.131. The number of rotatable bonds is 4. The van der Waals surface area contributed by atoms with Crippen molar-refractivity contribution in [3.8, 4) is 0 Å². The maximum absolute atomic E-state index is 12.4. The molecule has 0 aromatic carbocycles. The summed E-state index contributed by atoms with van der Waals surface area (Å²) in [6, 6.07) is 0.0192. The first kappa shape index (κ1) is 14.8. The fourth-order valence-electron chi connectivity index (χ4n) is 3.28. The van der Waals surface area contributed by atoms with Crippen molar-refractivity contribution in [1.29, 1.82) is 0 Å². The van der Waals surface area contributed by atoms with Gasteiger partial charge in [0, 0.05) is 6.54 Å². The number of amides is 1. The summed E-state index contributed by atoms with van der Waals surface area (Å²) in [6.07, 6.45) is 2.66. The van der Waals surface area contributed by atoms with Crippen LogP contribution in [-0.2, 0) is 4.79 Å². The highest BCUT2D eigenvalue weighted by Crippen LogP contribution is 2.23. The Balaban J connectivity index is 1.87. The summed E-state index contributed by atoms with van der Waals surface area (Å²) in [4.78, 5) is 17.0. The second kappa shape index (κ2) is 6.23. The lowest BCUT2D eigenvalue weighted by Crippen LogP contribution is -2.42. The van der Waals surface area contributed by atoms with Gasteiger partial charge in [-0.25, -0.2) is 0 Å². The minimum absolute atomic E-state index is 0.0192. The number of nitrogens with one attached hydrogen (secondary N) is 1. The molecule has 4 nitrogen and oxygen atoms in total. The highest BCUT2D eigenvalue weighted by atomic mass is 16.2. The van der Waals surface area contributed by atoms with Crippen LogP contribution in [0.4, 0.5) is 0 Å². The Bertz CT molecular complexity index is 311. The average Bonchev–Trinajstić information content (AvgIpc) is 2.68. The smallest absolute Gasteiger partial charge is 0.241 e. The van der Waals surface area contributed by atoms with Crippen LogP contribution in [-0.4, -0.2) is 54.1 Å². The number of hydrogen-bond donors (Lipinski definition) is 1. The van der Waals surface area contributed by atoms with Crippen LogP contribution >= 0.6 is 0 Å². The molecule has 2 rings (SSSR count). The van der Waals surface area contributed by atoms with Crippen LogP contribution in [0.3, 0.4) is 0 Å². The highest BCUT2D eigenvalue weighted by Gasteiger charge is 2.39. The van der Waals surface area contributed by atoms with Gasteiger partial charge in [0.15, 0.2) is 0 Å². The van der Waals surface area contributed by atoms with Gasteiger partial charge < -0.3 is 9.80 Å². The molecule has 0 bridgehead atoms. The van der Waals surface area contributed by atoms with Crippen molar-refractivity contribution in [2.75, 3.05) is 26.2 Å². The zero-order valence-electron chi connectivity index (χ0n) is 12.9. The van der Waals surface area contributed by atoms with E-state index < -0.39 is 0 Å². The molecule has 19 heavy (non-hydrogen) atoms. The Morgan fingerprint density at radius 3 is 2.42 bits per heavy atom. The summed E-state index contributed by atoms with van der Waals surface area (Å²) < 4.78 is 0. The van der Waals surface area contributed by atoms with Crippen LogP contribution in [0.15, 0.2) is 0 Å². The van der Waals surface area contributed by atoms with Crippen molar-refractivity contribution >= 4 is 5.91 Å². The molecule has 1 amide bonds. The van der Waals surface area contributed by atoms with Crippen LogP contribution in [0.5, 0.6) is 0 Å². The first-order valence-electron chi connectivity index (χ1n) is 7.81. The molecule has 0 aromatic heterocycles. The molecule has 0 radical (unpaired) electrons. The molecule has 2 unspecified atom stereocenters. The Labute approximate surface area is 117 Å². The SMILES string of the molecule is CCN1CCC(CN2C(=O)C(C(C)C)NC2C)CC1. The summed E-state index contributed by atoms with van der Waals surface area (Å²) in [7, 11) is 0. The van der Waals surface area contributed by atoms with Crippen LogP contribution in [0.1, 0.15) is 40.5 Å². The third-order valence-electron chi connectivity index (χ3n) is 4.71. The maximum Gasteiger partial charge on any atom is 0.241 e. The van der Waals surface area contributed by atoms with Crippen molar-refractivity contribution in [3.63, 3.8) is 0 Å². The maximum atomic E-state index is 12.4. The Morgan fingerprint density at radius 1 is 1.32 bits per heavy atom. The molecule has 2 aliphatic rings. The van der Waals surface area contributed by atoms with Crippen LogP contribution in [0, 0.1) is 11.8 Å². The monoisotopic (exact) mass is 267 g/mol. The van der Waals surface area contributed by atoms with Crippen molar-refractivity contribution in [3.05, 3.63) is 0 Å². The molecule has 2 heterocycles. The molecule has 2 saturated heterocycles. The van der Waals surface area contributed by atoms with Gasteiger partial charge in [-0.2, -0.15) is 0 Å². The molecule has 2 fully saturated rings. The molecule has 110 valence electrons. The number of carbonyl (C=O) groups is 1. The Morgan fingerprint density at radius 2 is 1.95 bits per heavy atom. The number of carbonyl (C=O) groups excluding carboxylic acids is 1. The number of piperidine rings is 1. The van der Waals surface area contributed by atoms with E-state index in [4.69, 9.17) is 0 Å². The zero-order chi connectivity index (χ0) is 14.0. The highest BCUT2D eigenvalue weighted by molar-refractivity contribution is 5.84. The van der Waals surface area contributed by atoms with E-state index in [-0.39, 0.29) is 12.2 Å². The second-order valence-electron chi connectivity index (χ2n) is 6.43. The van der Waals surface area contributed by atoms with Gasteiger partial charge in [0.2, 0.25) is 5.91 Å². The topological polar surface area (TPSA) is 35.6 Å². The third kappa shape index (κ3) is 3.29. The number of nitrogens with zero attached hydrogens (tertiary/aromatic N) is 2.